The van der Waals surface area contributed by atoms with Gasteiger partial charge in [0.2, 0.25) is 5.91 Å². The minimum Gasteiger partial charge on any atom is -0.496 e. The van der Waals surface area contributed by atoms with E-state index in [1.54, 1.807) is 19.3 Å². The fourth-order valence-electron chi connectivity index (χ4n) is 2.78. The van der Waals surface area contributed by atoms with Gasteiger partial charge in [-0.3, -0.25) is 14.5 Å². The second kappa shape index (κ2) is 8.46. The maximum Gasteiger partial charge on any atom is 0.266 e. The highest BCUT2D eigenvalue weighted by Crippen LogP contribution is 2.34. The summed E-state index contributed by atoms with van der Waals surface area (Å²) in [5.74, 6) is -0.0974. The lowest BCUT2D eigenvalue weighted by molar-refractivity contribution is -0.124. The molecule has 0 radical (unpaired) electrons. The summed E-state index contributed by atoms with van der Waals surface area (Å²) >= 11 is 6.44. The molecule has 1 aromatic rings. The van der Waals surface area contributed by atoms with Gasteiger partial charge in [-0.25, -0.2) is 8.42 Å². The first-order valence-corrected chi connectivity index (χ1v) is 11.3. The lowest BCUT2D eigenvalue weighted by Crippen LogP contribution is -2.38. The van der Waals surface area contributed by atoms with Gasteiger partial charge in [-0.1, -0.05) is 42.2 Å². The molecule has 0 unspecified atom stereocenters. The van der Waals surface area contributed by atoms with Crippen molar-refractivity contribution in [3.63, 3.8) is 0 Å². The van der Waals surface area contributed by atoms with Gasteiger partial charge in [0.25, 0.3) is 5.91 Å². The van der Waals surface area contributed by atoms with E-state index in [2.05, 4.69) is 5.32 Å². The highest BCUT2D eigenvalue weighted by Gasteiger charge is 2.32. The molecule has 2 amide bonds. The lowest BCUT2D eigenvalue weighted by Gasteiger charge is -2.15. The standard InChI is InChI=1S/C18H18N2O5S3/c1-25-14-5-3-2-4-12(14)10-15-17(22)20(18(26)27-15)8-6-16(21)19-13-7-9-28(23,24)11-13/h2-5,7,9-10,13H,6,8,11H2,1H3,(H,19,21)/b15-10+/t13-/m1/s1. The van der Waals surface area contributed by atoms with Crippen molar-refractivity contribution >= 4 is 56.0 Å². The van der Waals surface area contributed by atoms with E-state index in [9.17, 15) is 18.0 Å². The largest absolute Gasteiger partial charge is 0.496 e. The Kier molecular flexibility index (Phi) is 6.21. The summed E-state index contributed by atoms with van der Waals surface area (Å²) in [6.07, 6.45) is 3.19. The van der Waals surface area contributed by atoms with E-state index in [4.69, 9.17) is 17.0 Å². The molecule has 2 aliphatic rings. The van der Waals surface area contributed by atoms with Gasteiger partial charge in [0.15, 0.2) is 9.84 Å². The van der Waals surface area contributed by atoms with Crippen molar-refractivity contribution in [1.29, 1.82) is 0 Å². The molecule has 2 aliphatic heterocycles. The quantitative estimate of drug-likeness (QED) is 0.534. The molecule has 2 heterocycles. The number of nitrogens with zero attached hydrogens (tertiary/aromatic N) is 1. The first-order valence-electron chi connectivity index (χ1n) is 8.38. The molecular formula is C18H18N2O5S3. The zero-order chi connectivity index (χ0) is 20.3. The van der Waals surface area contributed by atoms with Gasteiger partial charge < -0.3 is 10.1 Å². The van der Waals surface area contributed by atoms with Crippen LogP contribution < -0.4 is 10.1 Å². The van der Waals surface area contributed by atoms with Crippen LogP contribution in [-0.2, 0) is 19.4 Å². The number of methoxy groups -OCH3 is 1. The fourth-order valence-corrected chi connectivity index (χ4v) is 5.31. The van der Waals surface area contributed by atoms with Crippen LogP contribution in [0, 0.1) is 0 Å². The topological polar surface area (TPSA) is 92.8 Å². The first-order chi connectivity index (χ1) is 13.3. The number of rotatable bonds is 6. The summed E-state index contributed by atoms with van der Waals surface area (Å²) in [6.45, 7) is 0.128. The van der Waals surface area contributed by atoms with Crippen molar-refractivity contribution in [2.24, 2.45) is 0 Å². The van der Waals surface area contributed by atoms with Gasteiger partial charge in [-0.05, 0) is 18.2 Å². The smallest absolute Gasteiger partial charge is 0.266 e. The Hall–Kier alpha value is -2.17. The van der Waals surface area contributed by atoms with E-state index in [-0.39, 0.29) is 30.5 Å². The van der Waals surface area contributed by atoms with E-state index < -0.39 is 15.9 Å². The van der Waals surface area contributed by atoms with Crippen LogP contribution in [0.5, 0.6) is 5.75 Å². The second-order valence-electron chi connectivity index (χ2n) is 6.16. The van der Waals surface area contributed by atoms with E-state index in [0.717, 1.165) is 11.0 Å². The number of carbonyl (C=O) groups excluding carboxylic acids is 2. The summed E-state index contributed by atoms with van der Waals surface area (Å²) in [5, 5.41) is 3.73. The average molecular weight is 439 g/mol. The van der Waals surface area contributed by atoms with Crippen LogP contribution in [0.3, 0.4) is 0 Å². The Balaban J connectivity index is 1.60. The van der Waals surface area contributed by atoms with E-state index in [1.165, 1.54) is 22.7 Å². The number of thioether (sulfide) groups is 1. The molecule has 1 N–H and O–H groups in total. The van der Waals surface area contributed by atoms with Crippen LogP contribution in [0.1, 0.15) is 12.0 Å². The van der Waals surface area contributed by atoms with Crippen LogP contribution >= 0.6 is 24.0 Å². The van der Waals surface area contributed by atoms with Crippen molar-refractivity contribution in [1.82, 2.24) is 10.2 Å². The maximum absolute atomic E-state index is 12.6. The number of sulfone groups is 1. The van der Waals surface area contributed by atoms with Gasteiger partial charge in [0.05, 0.1) is 23.8 Å². The minimum atomic E-state index is -3.23. The van der Waals surface area contributed by atoms with Crippen LogP contribution in [0.15, 0.2) is 40.7 Å². The van der Waals surface area contributed by atoms with E-state index in [0.29, 0.717) is 15.0 Å². The zero-order valence-electron chi connectivity index (χ0n) is 15.0. The molecule has 7 nitrogen and oxygen atoms in total. The molecule has 0 aromatic heterocycles. The molecule has 1 atom stereocenters. The molecule has 1 aromatic carbocycles. The molecule has 0 saturated carbocycles. The number of ether oxygens (including phenoxy) is 1. The van der Waals surface area contributed by atoms with Gasteiger partial charge >= 0.3 is 0 Å². The SMILES string of the molecule is COc1ccccc1/C=C1/SC(=S)N(CCC(=O)N[C@@H]2C=CS(=O)(=O)C2)C1=O. The van der Waals surface area contributed by atoms with Crippen LogP contribution in [0.25, 0.3) is 6.08 Å². The molecule has 3 rings (SSSR count). The molecule has 1 fully saturated rings. The minimum absolute atomic E-state index is 0.0266. The summed E-state index contributed by atoms with van der Waals surface area (Å²) in [7, 11) is -1.68. The molecule has 0 spiro atoms. The van der Waals surface area contributed by atoms with Gasteiger partial charge in [0, 0.05) is 23.9 Å². The monoisotopic (exact) mass is 438 g/mol. The number of para-hydroxylation sites is 1. The molecule has 10 heteroatoms. The van der Waals surface area contributed by atoms with E-state index >= 15 is 0 Å². The summed E-state index contributed by atoms with van der Waals surface area (Å²) in [5.41, 5.74) is 0.762. The fraction of sp³-hybridized carbons (Fsp3) is 0.278. The molecular weight excluding hydrogens is 420 g/mol. The number of benzene rings is 1. The average Bonchev–Trinajstić information content (AvgIpc) is 3.12. The van der Waals surface area contributed by atoms with Gasteiger partial charge in [-0.2, -0.15) is 0 Å². The number of amides is 2. The van der Waals surface area contributed by atoms with Crippen molar-refractivity contribution in [2.45, 2.75) is 12.5 Å². The third kappa shape index (κ3) is 4.81. The number of nitrogens with one attached hydrogen (secondary N) is 1. The van der Waals surface area contributed by atoms with E-state index in [1.807, 2.05) is 18.2 Å². The number of hydrogen-bond acceptors (Lipinski definition) is 7. The van der Waals surface area contributed by atoms with Crippen molar-refractivity contribution in [2.75, 3.05) is 19.4 Å². The highest BCUT2D eigenvalue weighted by molar-refractivity contribution is 8.26. The third-order valence-corrected chi connectivity index (χ3v) is 6.91. The molecule has 28 heavy (non-hydrogen) atoms. The Bertz CT molecular complexity index is 985. The van der Waals surface area contributed by atoms with Crippen LogP contribution in [0.4, 0.5) is 0 Å². The number of thiocarbonyl (C=S) groups is 1. The Morgan fingerprint density at radius 3 is 2.86 bits per heavy atom. The Morgan fingerprint density at radius 2 is 2.18 bits per heavy atom. The predicted molar refractivity (Wildman–Crippen MR) is 112 cm³/mol. The predicted octanol–water partition coefficient (Wildman–Crippen LogP) is 1.71. The van der Waals surface area contributed by atoms with Gasteiger partial charge in [-0.15, -0.1) is 0 Å². The molecule has 148 valence electrons. The molecule has 1 saturated heterocycles. The molecule has 0 bridgehead atoms. The Morgan fingerprint density at radius 1 is 1.43 bits per heavy atom. The Labute approximate surface area is 172 Å². The van der Waals surface area contributed by atoms with Crippen molar-refractivity contribution < 1.29 is 22.7 Å². The molecule has 0 aliphatic carbocycles. The summed E-state index contributed by atoms with van der Waals surface area (Å²) < 4.78 is 28.4. The van der Waals surface area contributed by atoms with Crippen molar-refractivity contribution in [3.8, 4) is 5.75 Å². The maximum atomic E-state index is 12.6. The summed E-state index contributed by atoms with van der Waals surface area (Å²) in [6, 6.07) is 6.78. The van der Waals surface area contributed by atoms with Crippen LogP contribution in [0.2, 0.25) is 0 Å². The third-order valence-electron chi connectivity index (χ3n) is 4.14. The number of carbonyl (C=O) groups is 2. The second-order valence-corrected chi connectivity index (χ2v) is 9.76. The summed E-state index contributed by atoms with van der Waals surface area (Å²) in [4.78, 5) is 26.6. The number of hydrogen-bond donors (Lipinski definition) is 1. The zero-order valence-corrected chi connectivity index (χ0v) is 17.4. The lowest BCUT2D eigenvalue weighted by atomic mass is 10.2. The van der Waals surface area contributed by atoms with Crippen LogP contribution in [-0.4, -0.2) is 54.9 Å². The first kappa shape index (κ1) is 20.6. The highest BCUT2D eigenvalue weighted by atomic mass is 32.2. The normalized spacial score (nSPS) is 22.1. The van der Waals surface area contributed by atoms with Crippen molar-refractivity contribution in [3.05, 3.63) is 46.2 Å². The van der Waals surface area contributed by atoms with Gasteiger partial charge in [0.1, 0.15) is 10.1 Å².